The summed E-state index contributed by atoms with van der Waals surface area (Å²) in [6, 6.07) is 13.4. The summed E-state index contributed by atoms with van der Waals surface area (Å²) in [7, 11) is -1.32. The Morgan fingerprint density at radius 1 is 1.15 bits per heavy atom. The predicted octanol–water partition coefficient (Wildman–Crippen LogP) is 1.93. The van der Waals surface area contributed by atoms with Crippen LogP contribution in [0.1, 0.15) is 17.7 Å². The van der Waals surface area contributed by atoms with Gasteiger partial charge in [-0.05, 0) is 24.1 Å². The summed E-state index contributed by atoms with van der Waals surface area (Å²) in [6.07, 6.45) is 2.13. The van der Waals surface area contributed by atoms with E-state index in [0.717, 1.165) is 11.3 Å². The number of sulfone groups is 1. The molecule has 0 spiro atoms. The molecule has 1 aliphatic rings. The van der Waals surface area contributed by atoms with E-state index >= 15 is 0 Å². The number of hydrogen-bond donors (Lipinski definition) is 0. The predicted molar refractivity (Wildman–Crippen MR) is 99.1 cm³/mol. The number of carbonyl (C=O) groups is 1. The van der Waals surface area contributed by atoms with E-state index in [1.807, 2.05) is 47.4 Å². The number of furan rings is 1. The average Bonchev–Trinajstić information content (AvgIpc) is 3.24. The van der Waals surface area contributed by atoms with Crippen LogP contribution in [0.3, 0.4) is 0 Å². The Morgan fingerprint density at radius 2 is 1.92 bits per heavy atom. The van der Waals surface area contributed by atoms with Crippen molar-refractivity contribution < 1.29 is 17.6 Å². The maximum atomic E-state index is 12.7. The molecular formula is C19H24N2O4S. The maximum absolute atomic E-state index is 12.7. The second-order valence-electron chi connectivity index (χ2n) is 6.77. The summed E-state index contributed by atoms with van der Waals surface area (Å²) in [4.78, 5) is 16.3. The van der Waals surface area contributed by atoms with Gasteiger partial charge in [-0.25, -0.2) is 8.42 Å². The maximum Gasteiger partial charge on any atom is 0.236 e. The molecule has 0 saturated carbocycles. The number of hydrogen-bond acceptors (Lipinski definition) is 5. The summed E-state index contributed by atoms with van der Waals surface area (Å²) in [5, 5.41) is 0. The quantitative estimate of drug-likeness (QED) is 0.738. The van der Waals surface area contributed by atoms with E-state index in [0.29, 0.717) is 19.5 Å². The summed E-state index contributed by atoms with van der Waals surface area (Å²) in [6.45, 7) is 1.34. The number of carbonyl (C=O) groups excluding carboxylic acids is 1. The molecule has 1 saturated heterocycles. The lowest BCUT2D eigenvalue weighted by molar-refractivity contribution is -0.133. The number of nitrogens with zero attached hydrogens (tertiary/aromatic N) is 2. The number of rotatable bonds is 7. The van der Waals surface area contributed by atoms with Crippen molar-refractivity contribution in [3.63, 3.8) is 0 Å². The molecule has 0 unspecified atom stereocenters. The van der Waals surface area contributed by atoms with Gasteiger partial charge in [0.1, 0.15) is 5.76 Å². The Hall–Kier alpha value is -2.12. The van der Waals surface area contributed by atoms with Gasteiger partial charge in [0.25, 0.3) is 0 Å². The Balaban J connectivity index is 1.67. The van der Waals surface area contributed by atoms with Crippen LogP contribution in [0.4, 0.5) is 0 Å². The van der Waals surface area contributed by atoms with E-state index in [9.17, 15) is 13.2 Å². The van der Waals surface area contributed by atoms with Crippen LogP contribution in [0.25, 0.3) is 0 Å². The molecule has 2 heterocycles. The van der Waals surface area contributed by atoms with E-state index in [2.05, 4.69) is 0 Å². The zero-order chi connectivity index (χ0) is 18.6. The van der Waals surface area contributed by atoms with Crippen LogP contribution in [-0.2, 0) is 27.7 Å². The van der Waals surface area contributed by atoms with E-state index in [4.69, 9.17) is 4.42 Å². The van der Waals surface area contributed by atoms with Crippen LogP contribution in [-0.4, -0.2) is 55.3 Å². The highest BCUT2D eigenvalue weighted by Gasteiger charge is 2.33. The Kier molecular flexibility index (Phi) is 5.78. The lowest BCUT2D eigenvalue weighted by atomic mass is 10.2. The zero-order valence-electron chi connectivity index (χ0n) is 14.9. The minimum Gasteiger partial charge on any atom is -0.468 e. The highest BCUT2D eigenvalue weighted by Crippen LogP contribution is 2.17. The first-order chi connectivity index (χ1) is 12.4. The first kappa shape index (κ1) is 18.7. The molecule has 26 heavy (non-hydrogen) atoms. The van der Waals surface area contributed by atoms with E-state index in [1.165, 1.54) is 0 Å². The molecule has 1 aliphatic heterocycles. The fourth-order valence-corrected chi connectivity index (χ4v) is 4.99. The van der Waals surface area contributed by atoms with Gasteiger partial charge in [0, 0.05) is 19.6 Å². The van der Waals surface area contributed by atoms with Gasteiger partial charge < -0.3 is 9.32 Å². The Morgan fingerprint density at radius 3 is 2.54 bits per heavy atom. The second-order valence-corrected chi connectivity index (χ2v) is 9.00. The van der Waals surface area contributed by atoms with Gasteiger partial charge in [-0.15, -0.1) is 0 Å². The molecule has 1 aromatic carbocycles. The molecule has 140 valence electrons. The van der Waals surface area contributed by atoms with Gasteiger partial charge >= 0.3 is 0 Å². The molecule has 2 aromatic rings. The molecule has 1 amide bonds. The third-order valence-electron chi connectivity index (χ3n) is 4.72. The highest BCUT2D eigenvalue weighted by atomic mass is 32.2. The van der Waals surface area contributed by atoms with Gasteiger partial charge in [0.15, 0.2) is 9.84 Å². The van der Waals surface area contributed by atoms with E-state index in [1.54, 1.807) is 18.2 Å². The van der Waals surface area contributed by atoms with Crippen molar-refractivity contribution in [2.45, 2.75) is 25.6 Å². The highest BCUT2D eigenvalue weighted by molar-refractivity contribution is 7.91. The topological polar surface area (TPSA) is 70.8 Å². The number of benzene rings is 1. The van der Waals surface area contributed by atoms with Gasteiger partial charge in [0.05, 0.1) is 30.9 Å². The minimum absolute atomic E-state index is 0.0616. The van der Waals surface area contributed by atoms with Gasteiger partial charge in [-0.3, -0.25) is 9.69 Å². The summed E-state index contributed by atoms with van der Waals surface area (Å²) in [5.41, 5.74) is 1.11. The van der Waals surface area contributed by atoms with Crippen molar-refractivity contribution in [1.82, 2.24) is 9.80 Å². The number of likely N-dealkylation sites (N-methyl/N-ethyl adjacent to an activating group) is 1. The molecular weight excluding hydrogens is 352 g/mol. The van der Waals surface area contributed by atoms with Crippen molar-refractivity contribution in [2.24, 2.45) is 0 Å². The molecule has 7 heteroatoms. The monoisotopic (exact) mass is 376 g/mol. The summed E-state index contributed by atoms with van der Waals surface area (Å²) in [5.74, 6) is 0.941. The molecule has 6 nitrogen and oxygen atoms in total. The van der Waals surface area contributed by atoms with Crippen LogP contribution >= 0.6 is 0 Å². The molecule has 1 atom stereocenters. The van der Waals surface area contributed by atoms with E-state index in [-0.39, 0.29) is 30.0 Å². The van der Waals surface area contributed by atoms with Crippen molar-refractivity contribution in [3.8, 4) is 0 Å². The standard InChI is InChI=1S/C19H24N2O4S/c1-20(17-9-11-26(23,24)15-17)19(22)14-21(13-18-8-5-10-25-18)12-16-6-3-2-4-7-16/h2-8,10,17H,9,11-15H2,1H3/t17-/m1/s1. The van der Waals surface area contributed by atoms with Crippen molar-refractivity contribution in [3.05, 3.63) is 60.1 Å². The number of amides is 1. The lowest BCUT2D eigenvalue weighted by Gasteiger charge is -2.27. The molecule has 3 rings (SSSR count). The summed E-state index contributed by atoms with van der Waals surface area (Å²) < 4.78 is 28.8. The normalized spacial score (nSPS) is 18.9. The SMILES string of the molecule is CN(C(=O)CN(Cc1ccccc1)Cc1ccco1)[C@@H]1CCS(=O)(=O)C1. The lowest BCUT2D eigenvalue weighted by Crippen LogP contribution is -2.43. The molecule has 0 bridgehead atoms. The molecule has 0 aliphatic carbocycles. The third kappa shape index (κ3) is 4.95. The van der Waals surface area contributed by atoms with Crippen molar-refractivity contribution >= 4 is 15.7 Å². The Labute approximate surface area is 154 Å². The first-order valence-electron chi connectivity index (χ1n) is 8.68. The molecule has 1 fully saturated rings. The molecule has 0 N–H and O–H groups in total. The average molecular weight is 376 g/mol. The molecule has 1 aromatic heterocycles. The van der Waals surface area contributed by atoms with Gasteiger partial charge in [0.2, 0.25) is 5.91 Å². The Bertz CT molecular complexity index is 818. The largest absolute Gasteiger partial charge is 0.468 e. The van der Waals surface area contributed by atoms with Gasteiger partial charge in [-0.2, -0.15) is 0 Å². The first-order valence-corrected chi connectivity index (χ1v) is 10.5. The van der Waals surface area contributed by atoms with Crippen LogP contribution in [0.2, 0.25) is 0 Å². The van der Waals surface area contributed by atoms with Crippen LogP contribution < -0.4 is 0 Å². The third-order valence-corrected chi connectivity index (χ3v) is 6.47. The van der Waals surface area contributed by atoms with Crippen LogP contribution in [0.5, 0.6) is 0 Å². The fourth-order valence-electron chi connectivity index (χ4n) is 3.22. The fraction of sp³-hybridized carbons (Fsp3) is 0.421. The zero-order valence-corrected chi connectivity index (χ0v) is 15.7. The van der Waals surface area contributed by atoms with E-state index < -0.39 is 9.84 Å². The van der Waals surface area contributed by atoms with Gasteiger partial charge in [-0.1, -0.05) is 30.3 Å². The summed E-state index contributed by atoms with van der Waals surface area (Å²) >= 11 is 0. The second kappa shape index (κ2) is 8.05. The van der Waals surface area contributed by atoms with Crippen LogP contribution in [0.15, 0.2) is 53.1 Å². The van der Waals surface area contributed by atoms with Crippen molar-refractivity contribution in [2.75, 3.05) is 25.1 Å². The van der Waals surface area contributed by atoms with Crippen LogP contribution in [0, 0.1) is 0 Å². The smallest absolute Gasteiger partial charge is 0.236 e. The minimum atomic E-state index is -3.01. The molecule has 0 radical (unpaired) electrons. The van der Waals surface area contributed by atoms with Crippen molar-refractivity contribution in [1.29, 1.82) is 0 Å².